The van der Waals surface area contributed by atoms with Crippen molar-refractivity contribution in [2.45, 2.75) is 52.5 Å². The fraction of sp³-hybridized carbons (Fsp3) is 0.474. The van der Waals surface area contributed by atoms with Crippen LogP contribution in [0.5, 0.6) is 0 Å². The van der Waals surface area contributed by atoms with Gasteiger partial charge >= 0.3 is 11.1 Å². The van der Waals surface area contributed by atoms with Gasteiger partial charge in [0.1, 0.15) is 0 Å². The molecular weight excluding hydrogens is 288 g/mol. The lowest BCUT2D eigenvalue weighted by Gasteiger charge is -2.22. The van der Waals surface area contributed by atoms with Gasteiger partial charge in [-0.2, -0.15) is 0 Å². The second-order valence-electron chi connectivity index (χ2n) is 6.72. The van der Waals surface area contributed by atoms with Crippen LogP contribution in [0.4, 0.5) is 0 Å². The van der Waals surface area contributed by atoms with Gasteiger partial charge in [0, 0.05) is 18.9 Å². The van der Waals surface area contributed by atoms with E-state index >= 15 is 0 Å². The van der Waals surface area contributed by atoms with Gasteiger partial charge in [0.2, 0.25) is 0 Å². The van der Waals surface area contributed by atoms with E-state index < -0.39 is 11.1 Å². The lowest BCUT2D eigenvalue weighted by Crippen LogP contribution is -2.41. The Balaban J connectivity index is 1.94. The number of aromatic nitrogens is 2. The summed E-state index contributed by atoms with van der Waals surface area (Å²) in [6, 6.07) is 5.88. The van der Waals surface area contributed by atoms with E-state index in [-0.39, 0.29) is 0 Å². The largest absolute Gasteiger partial charge is 0.320 e. The van der Waals surface area contributed by atoms with Crippen LogP contribution in [0.1, 0.15) is 43.2 Å². The van der Waals surface area contributed by atoms with Crippen molar-refractivity contribution in [3.05, 3.63) is 62.4 Å². The summed E-state index contributed by atoms with van der Waals surface area (Å²) in [5, 5.41) is 0. The molecule has 3 rings (SSSR count). The number of hydrogen-bond acceptors (Lipinski definition) is 2. The maximum atomic E-state index is 12.5. The second kappa shape index (κ2) is 6.57. The van der Waals surface area contributed by atoms with Gasteiger partial charge in [0.05, 0.1) is 5.69 Å². The summed E-state index contributed by atoms with van der Waals surface area (Å²) in [6.07, 6.45) is 9.57. The quantitative estimate of drug-likeness (QED) is 0.817. The van der Waals surface area contributed by atoms with E-state index in [1.165, 1.54) is 23.8 Å². The Morgan fingerprint density at radius 1 is 1.00 bits per heavy atom. The van der Waals surface area contributed by atoms with Crippen LogP contribution in [0.25, 0.3) is 5.69 Å². The van der Waals surface area contributed by atoms with E-state index in [1.807, 2.05) is 32.0 Å². The maximum Gasteiger partial charge on any atom is 0.320 e. The molecular formula is C19H24N2O2. The summed E-state index contributed by atoms with van der Waals surface area (Å²) < 4.78 is 3.06. The molecule has 2 aromatic rings. The normalized spacial score (nSPS) is 15.7. The van der Waals surface area contributed by atoms with Gasteiger partial charge in [-0.1, -0.05) is 37.0 Å². The average Bonchev–Trinajstić information content (AvgIpc) is 2.54. The zero-order valence-electron chi connectivity index (χ0n) is 13.9. The van der Waals surface area contributed by atoms with Crippen LogP contribution in [-0.4, -0.2) is 9.13 Å². The van der Waals surface area contributed by atoms with Crippen molar-refractivity contribution in [3.8, 4) is 5.69 Å². The molecule has 4 nitrogen and oxygen atoms in total. The summed E-state index contributed by atoms with van der Waals surface area (Å²) >= 11 is 0. The van der Waals surface area contributed by atoms with Crippen LogP contribution in [0.15, 0.2) is 40.2 Å². The highest BCUT2D eigenvalue weighted by atomic mass is 16.2. The Kier molecular flexibility index (Phi) is 4.51. The summed E-state index contributed by atoms with van der Waals surface area (Å²) in [5.41, 5.74) is 2.04. The minimum absolute atomic E-state index is 0.418. The molecule has 1 heterocycles. The minimum atomic E-state index is -0.463. The molecule has 1 fully saturated rings. The van der Waals surface area contributed by atoms with Gasteiger partial charge in [-0.3, -0.25) is 14.2 Å². The van der Waals surface area contributed by atoms with Crippen LogP contribution < -0.4 is 11.1 Å². The first-order valence-corrected chi connectivity index (χ1v) is 8.46. The molecule has 0 N–H and O–H groups in total. The first kappa shape index (κ1) is 15.8. The number of rotatable bonds is 3. The SMILES string of the molecule is Cc1ccc(-n2ccn(CC3CCCCC3)c(=O)c2=O)c(C)c1. The third-order valence-corrected chi connectivity index (χ3v) is 4.85. The van der Waals surface area contributed by atoms with E-state index in [2.05, 4.69) is 0 Å². The molecule has 0 amide bonds. The van der Waals surface area contributed by atoms with Crippen molar-refractivity contribution in [1.29, 1.82) is 0 Å². The number of benzene rings is 1. The summed E-state index contributed by atoms with van der Waals surface area (Å²) in [4.78, 5) is 24.9. The molecule has 0 saturated heterocycles. The Morgan fingerprint density at radius 2 is 1.74 bits per heavy atom. The minimum Gasteiger partial charge on any atom is -0.309 e. The fourth-order valence-corrected chi connectivity index (χ4v) is 3.57. The van der Waals surface area contributed by atoms with Gasteiger partial charge in [0.15, 0.2) is 0 Å². The number of nitrogens with zero attached hydrogens (tertiary/aromatic N) is 2. The van der Waals surface area contributed by atoms with Crippen molar-refractivity contribution in [3.63, 3.8) is 0 Å². The van der Waals surface area contributed by atoms with E-state index in [1.54, 1.807) is 17.0 Å². The molecule has 23 heavy (non-hydrogen) atoms. The van der Waals surface area contributed by atoms with Gasteiger partial charge in [-0.05, 0) is 44.2 Å². The highest BCUT2D eigenvalue weighted by Crippen LogP contribution is 2.24. The zero-order valence-corrected chi connectivity index (χ0v) is 13.9. The van der Waals surface area contributed by atoms with Crippen LogP contribution in [0.2, 0.25) is 0 Å². The Labute approximate surface area is 136 Å². The van der Waals surface area contributed by atoms with Crippen LogP contribution in [0, 0.1) is 19.8 Å². The first-order chi connectivity index (χ1) is 11.1. The first-order valence-electron chi connectivity index (χ1n) is 8.46. The molecule has 122 valence electrons. The third-order valence-electron chi connectivity index (χ3n) is 4.85. The van der Waals surface area contributed by atoms with Crippen LogP contribution in [0.3, 0.4) is 0 Å². The number of hydrogen-bond donors (Lipinski definition) is 0. The fourth-order valence-electron chi connectivity index (χ4n) is 3.57. The smallest absolute Gasteiger partial charge is 0.309 e. The Morgan fingerprint density at radius 3 is 2.43 bits per heavy atom. The van der Waals surface area contributed by atoms with Crippen LogP contribution >= 0.6 is 0 Å². The molecule has 1 saturated carbocycles. The Bertz CT molecular complexity index is 811. The van der Waals surface area contributed by atoms with Crippen molar-refractivity contribution >= 4 is 0 Å². The summed E-state index contributed by atoms with van der Waals surface area (Å²) in [5.74, 6) is 0.526. The molecule has 0 unspecified atom stereocenters. The molecule has 0 spiro atoms. The standard InChI is InChI=1S/C19H24N2O2/c1-14-8-9-17(15(2)12-14)21-11-10-20(18(22)19(21)23)13-16-6-4-3-5-7-16/h8-12,16H,3-7,13H2,1-2H3. The molecule has 1 aliphatic carbocycles. The summed E-state index contributed by atoms with van der Waals surface area (Å²) in [7, 11) is 0. The highest BCUT2D eigenvalue weighted by molar-refractivity contribution is 5.42. The molecule has 4 heteroatoms. The molecule has 0 aliphatic heterocycles. The Hall–Kier alpha value is -2.10. The van der Waals surface area contributed by atoms with Crippen molar-refractivity contribution in [2.75, 3.05) is 0 Å². The van der Waals surface area contributed by atoms with E-state index in [0.717, 1.165) is 29.7 Å². The second-order valence-corrected chi connectivity index (χ2v) is 6.72. The summed E-state index contributed by atoms with van der Waals surface area (Å²) in [6.45, 7) is 4.64. The monoisotopic (exact) mass is 312 g/mol. The molecule has 1 aliphatic rings. The van der Waals surface area contributed by atoms with E-state index in [0.29, 0.717) is 12.5 Å². The highest BCUT2D eigenvalue weighted by Gasteiger charge is 2.16. The topological polar surface area (TPSA) is 44.0 Å². The maximum absolute atomic E-state index is 12.5. The van der Waals surface area contributed by atoms with Gasteiger partial charge in [-0.25, -0.2) is 0 Å². The molecule has 0 radical (unpaired) electrons. The van der Waals surface area contributed by atoms with Crippen molar-refractivity contribution < 1.29 is 0 Å². The lowest BCUT2D eigenvalue weighted by atomic mass is 9.89. The van der Waals surface area contributed by atoms with Crippen molar-refractivity contribution in [2.24, 2.45) is 5.92 Å². The number of aryl methyl sites for hydroxylation is 2. The molecule has 1 aromatic heterocycles. The molecule has 1 aromatic carbocycles. The van der Waals surface area contributed by atoms with E-state index in [9.17, 15) is 9.59 Å². The molecule has 0 bridgehead atoms. The van der Waals surface area contributed by atoms with Gasteiger partial charge < -0.3 is 4.57 Å². The zero-order chi connectivity index (χ0) is 16.4. The van der Waals surface area contributed by atoms with Crippen molar-refractivity contribution in [1.82, 2.24) is 9.13 Å². The van der Waals surface area contributed by atoms with Gasteiger partial charge in [-0.15, -0.1) is 0 Å². The van der Waals surface area contributed by atoms with Crippen LogP contribution in [-0.2, 0) is 6.54 Å². The predicted molar refractivity (Wildman–Crippen MR) is 92.3 cm³/mol. The van der Waals surface area contributed by atoms with Gasteiger partial charge in [0.25, 0.3) is 0 Å². The van der Waals surface area contributed by atoms with E-state index in [4.69, 9.17) is 0 Å². The molecule has 0 atom stereocenters. The average molecular weight is 312 g/mol. The third kappa shape index (κ3) is 3.31. The predicted octanol–water partition coefficient (Wildman–Crippen LogP) is 3.20. The lowest BCUT2D eigenvalue weighted by molar-refractivity contribution is 0.315.